The smallest absolute Gasteiger partial charge is 0.173 e. The van der Waals surface area contributed by atoms with Crippen LogP contribution in [0.4, 0.5) is 0 Å². The molecule has 0 saturated heterocycles. The van der Waals surface area contributed by atoms with Crippen LogP contribution in [0.25, 0.3) is 0 Å². The first-order valence-corrected chi connectivity index (χ1v) is 5.53. The Morgan fingerprint density at radius 1 is 0.944 bits per heavy atom. The first-order valence-electron chi connectivity index (χ1n) is 5.53. The zero-order valence-electron chi connectivity index (χ0n) is 10.0. The quantitative estimate of drug-likeness (QED) is 0.420. The summed E-state index contributed by atoms with van der Waals surface area (Å²) in [5.74, 6) is 0.000556. The van der Waals surface area contributed by atoms with E-state index >= 15 is 0 Å². The maximum absolute atomic E-state index is 7.12. The average Bonchev–Trinajstić information content (AvgIpc) is 2.49. The summed E-state index contributed by atoms with van der Waals surface area (Å²) in [4.78, 5) is 0. The normalized spacial score (nSPS) is 8.94. The molecule has 2 rings (SSSR count). The van der Waals surface area contributed by atoms with E-state index in [0.717, 1.165) is 0 Å². The number of amidine groups is 1. The van der Waals surface area contributed by atoms with Gasteiger partial charge in [0.2, 0.25) is 0 Å². The van der Waals surface area contributed by atoms with Gasteiger partial charge in [-0.05, 0) is 5.56 Å². The summed E-state index contributed by atoms with van der Waals surface area (Å²) in [6, 6.07) is 19.0. The van der Waals surface area contributed by atoms with Crippen molar-refractivity contribution in [1.82, 2.24) is 0 Å². The Morgan fingerprint density at radius 3 is 1.83 bits per heavy atom. The maximum Gasteiger partial charge on any atom is 0.173 e. The molecule has 92 valence electrons. The molecular formula is C14H16N4. The zero-order valence-corrected chi connectivity index (χ0v) is 10.0. The molecular weight excluding hydrogens is 224 g/mol. The summed E-state index contributed by atoms with van der Waals surface area (Å²) in [6.45, 7) is 0.640. The van der Waals surface area contributed by atoms with Crippen molar-refractivity contribution in [3.05, 3.63) is 71.8 Å². The van der Waals surface area contributed by atoms with E-state index in [1.165, 1.54) is 5.56 Å². The molecule has 0 spiro atoms. The fourth-order valence-corrected chi connectivity index (χ4v) is 1.27. The van der Waals surface area contributed by atoms with E-state index < -0.39 is 0 Å². The molecule has 0 aliphatic heterocycles. The van der Waals surface area contributed by atoms with Gasteiger partial charge >= 0.3 is 0 Å². The van der Waals surface area contributed by atoms with Crippen LogP contribution in [0.15, 0.2) is 65.8 Å². The van der Waals surface area contributed by atoms with Crippen LogP contribution >= 0.6 is 0 Å². The van der Waals surface area contributed by atoms with E-state index in [2.05, 4.69) is 5.11 Å². The lowest BCUT2D eigenvalue weighted by Gasteiger charge is -1.92. The predicted molar refractivity (Wildman–Crippen MR) is 72.8 cm³/mol. The first-order chi connectivity index (χ1) is 8.77. The summed E-state index contributed by atoms with van der Waals surface area (Å²) in [5, 5.41) is 10.1. The highest BCUT2D eigenvalue weighted by molar-refractivity contribution is 5.96. The molecule has 4 N–H and O–H groups in total. The third kappa shape index (κ3) is 4.67. The molecule has 0 fully saturated rings. The van der Waals surface area contributed by atoms with Crippen LogP contribution in [-0.4, -0.2) is 5.84 Å². The third-order valence-corrected chi connectivity index (χ3v) is 2.24. The second kappa shape index (κ2) is 7.86. The van der Waals surface area contributed by atoms with Gasteiger partial charge in [-0.15, -0.1) is 5.11 Å². The highest BCUT2D eigenvalue weighted by Gasteiger charge is 1.94. The van der Waals surface area contributed by atoms with Crippen LogP contribution in [0.5, 0.6) is 0 Å². The molecule has 0 unspecified atom stereocenters. The lowest BCUT2D eigenvalue weighted by molar-refractivity contribution is 1.07. The van der Waals surface area contributed by atoms with E-state index in [-0.39, 0.29) is 5.84 Å². The SMILES string of the molecule is N=NC(=N)c1ccccc1.NCc1ccccc1. The molecule has 18 heavy (non-hydrogen) atoms. The molecule has 0 aliphatic rings. The first kappa shape index (κ1) is 13.7. The Morgan fingerprint density at radius 2 is 1.44 bits per heavy atom. The van der Waals surface area contributed by atoms with Crippen molar-refractivity contribution in [1.29, 1.82) is 10.9 Å². The van der Waals surface area contributed by atoms with Gasteiger partial charge in [0.05, 0.1) is 0 Å². The van der Waals surface area contributed by atoms with E-state index in [9.17, 15) is 0 Å². The largest absolute Gasteiger partial charge is 0.326 e. The van der Waals surface area contributed by atoms with Gasteiger partial charge in [0.1, 0.15) is 0 Å². The van der Waals surface area contributed by atoms with E-state index in [0.29, 0.717) is 12.1 Å². The molecule has 4 nitrogen and oxygen atoms in total. The van der Waals surface area contributed by atoms with Crippen molar-refractivity contribution < 1.29 is 0 Å². The van der Waals surface area contributed by atoms with Crippen LogP contribution in [0, 0.1) is 10.9 Å². The summed E-state index contributed by atoms with van der Waals surface area (Å²) in [6.07, 6.45) is 0. The van der Waals surface area contributed by atoms with Crippen molar-refractivity contribution in [2.75, 3.05) is 0 Å². The van der Waals surface area contributed by atoms with Crippen molar-refractivity contribution in [2.24, 2.45) is 10.8 Å². The monoisotopic (exact) mass is 240 g/mol. The molecule has 0 heterocycles. The minimum absolute atomic E-state index is 0.000556. The Labute approximate surface area is 106 Å². The Bertz CT molecular complexity index is 480. The second-order valence-electron chi connectivity index (χ2n) is 3.52. The van der Waals surface area contributed by atoms with Crippen LogP contribution in [0.1, 0.15) is 11.1 Å². The zero-order chi connectivity index (χ0) is 13.2. The van der Waals surface area contributed by atoms with Gasteiger partial charge in [-0.2, -0.15) is 0 Å². The minimum Gasteiger partial charge on any atom is -0.326 e. The number of hydrogen-bond acceptors (Lipinski definition) is 3. The van der Waals surface area contributed by atoms with Gasteiger partial charge in [0.25, 0.3) is 0 Å². The molecule has 4 heteroatoms. The fourth-order valence-electron chi connectivity index (χ4n) is 1.27. The maximum atomic E-state index is 7.12. The molecule has 0 saturated carbocycles. The number of rotatable bonds is 2. The summed E-state index contributed by atoms with van der Waals surface area (Å²) >= 11 is 0. The van der Waals surface area contributed by atoms with Gasteiger partial charge in [-0.3, -0.25) is 5.41 Å². The number of nitrogens with zero attached hydrogens (tertiary/aromatic N) is 1. The van der Waals surface area contributed by atoms with Crippen molar-refractivity contribution in [3.63, 3.8) is 0 Å². The van der Waals surface area contributed by atoms with Gasteiger partial charge in [0.15, 0.2) is 5.84 Å². The Balaban J connectivity index is 0.000000184. The molecule has 0 amide bonds. The minimum atomic E-state index is 0.000556. The van der Waals surface area contributed by atoms with Crippen molar-refractivity contribution in [3.8, 4) is 0 Å². The van der Waals surface area contributed by atoms with Gasteiger partial charge in [0, 0.05) is 12.1 Å². The van der Waals surface area contributed by atoms with Crippen LogP contribution in [0.3, 0.4) is 0 Å². The topological polar surface area (TPSA) is 86.1 Å². The molecule has 2 aromatic carbocycles. The number of nitrogens with two attached hydrogens (primary N) is 1. The standard InChI is InChI=1S/C7H7N3.C7H9N/c8-7(10-9)6-4-2-1-3-5-6;8-6-7-4-2-1-3-5-7/h1-5,8-9H;1-5H,6,8H2. The van der Waals surface area contributed by atoms with Gasteiger partial charge < -0.3 is 5.73 Å². The average molecular weight is 240 g/mol. The van der Waals surface area contributed by atoms with Crippen LogP contribution in [0.2, 0.25) is 0 Å². The van der Waals surface area contributed by atoms with Crippen molar-refractivity contribution in [2.45, 2.75) is 6.54 Å². The molecule has 0 radical (unpaired) electrons. The summed E-state index contributed by atoms with van der Waals surface area (Å²) < 4.78 is 0. The number of hydrogen-bond donors (Lipinski definition) is 3. The highest BCUT2D eigenvalue weighted by Crippen LogP contribution is 1.99. The highest BCUT2D eigenvalue weighted by atomic mass is 15.0. The number of benzene rings is 2. The lowest BCUT2D eigenvalue weighted by Crippen LogP contribution is -1.94. The van der Waals surface area contributed by atoms with E-state index in [1.807, 2.05) is 48.5 Å². The Kier molecular flexibility index (Phi) is 6.00. The molecule has 0 aromatic heterocycles. The van der Waals surface area contributed by atoms with Gasteiger partial charge in [-0.1, -0.05) is 60.7 Å². The van der Waals surface area contributed by atoms with Crippen LogP contribution in [-0.2, 0) is 6.54 Å². The molecule has 2 aromatic rings. The predicted octanol–water partition coefficient (Wildman–Crippen LogP) is 3.19. The molecule has 0 aliphatic carbocycles. The van der Waals surface area contributed by atoms with E-state index in [1.54, 1.807) is 12.1 Å². The van der Waals surface area contributed by atoms with E-state index in [4.69, 9.17) is 16.7 Å². The Hall–Kier alpha value is -2.33. The summed E-state index contributed by atoms with van der Waals surface area (Å²) in [5.41, 5.74) is 13.8. The fraction of sp³-hybridized carbons (Fsp3) is 0.0714. The molecule has 0 atom stereocenters. The third-order valence-electron chi connectivity index (χ3n) is 2.24. The van der Waals surface area contributed by atoms with Crippen molar-refractivity contribution >= 4 is 5.84 Å². The molecule has 0 bridgehead atoms. The second-order valence-corrected chi connectivity index (χ2v) is 3.52. The lowest BCUT2D eigenvalue weighted by atomic mass is 10.2. The summed E-state index contributed by atoms with van der Waals surface area (Å²) in [7, 11) is 0. The van der Waals surface area contributed by atoms with Gasteiger partial charge in [-0.25, -0.2) is 5.53 Å². The number of nitrogens with one attached hydrogen (secondary N) is 2. The van der Waals surface area contributed by atoms with Crippen LogP contribution < -0.4 is 5.73 Å².